The quantitative estimate of drug-likeness (QED) is 0.337. The van der Waals surface area contributed by atoms with Crippen molar-refractivity contribution < 1.29 is 14.3 Å². The van der Waals surface area contributed by atoms with Crippen molar-refractivity contribution >= 4 is 17.6 Å². The van der Waals surface area contributed by atoms with E-state index in [4.69, 9.17) is 9.84 Å². The van der Waals surface area contributed by atoms with Crippen LogP contribution in [0.3, 0.4) is 0 Å². The number of benzene rings is 3. The molecule has 0 bridgehead atoms. The molecular weight excluding hydrogens is 464 g/mol. The second-order valence-corrected chi connectivity index (χ2v) is 9.11. The lowest BCUT2D eigenvalue weighted by molar-refractivity contribution is -0.119. The zero-order valence-electron chi connectivity index (χ0n) is 20.9. The molecule has 188 valence electrons. The van der Waals surface area contributed by atoms with Gasteiger partial charge in [0.2, 0.25) is 5.91 Å². The Kier molecular flexibility index (Phi) is 7.31. The van der Waals surface area contributed by atoms with Gasteiger partial charge in [-0.25, -0.2) is 4.68 Å². The summed E-state index contributed by atoms with van der Waals surface area (Å²) in [5.74, 6) is 1.54. The molecule has 7 heteroatoms. The van der Waals surface area contributed by atoms with Gasteiger partial charge in [0.15, 0.2) is 0 Å². The molecule has 0 fully saturated rings. The lowest BCUT2D eigenvalue weighted by Crippen LogP contribution is -2.36. The van der Waals surface area contributed by atoms with Crippen LogP contribution in [0.5, 0.6) is 5.75 Å². The molecule has 0 unspecified atom stereocenters. The maximum atomic E-state index is 12.8. The molecule has 1 aliphatic rings. The second-order valence-electron chi connectivity index (χ2n) is 9.11. The zero-order chi connectivity index (χ0) is 25.6. The number of hydrogen-bond donors (Lipinski definition) is 1. The van der Waals surface area contributed by atoms with Crippen LogP contribution in [0.15, 0.2) is 84.9 Å². The molecule has 1 aromatic heterocycles. The molecule has 2 heterocycles. The molecule has 3 aromatic carbocycles. The van der Waals surface area contributed by atoms with E-state index >= 15 is 0 Å². The minimum absolute atomic E-state index is 0.0638. The number of ether oxygens (including phenoxy) is 1. The van der Waals surface area contributed by atoms with Gasteiger partial charge in [-0.05, 0) is 60.4 Å². The maximum absolute atomic E-state index is 12.8. The van der Waals surface area contributed by atoms with Gasteiger partial charge in [0.25, 0.3) is 5.91 Å². The van der Waals surface area contributed by atoms with Crippen LogP contribution in [0.1, 0.15) is 34.3 Å². The largest absolute Gasteiger partial charge is 0.497 e. The molecule has 1 aliphatic heterocycles. The molecule has 7 nitrogen and oxygen atoms in total. The molecule has 4 aromatic rings. The summed E-state index contributed by atoms with van der Waals surface area (Å²) in [6, 6.07) is 27.4. The molecule has 5 rings (SSSR count). The molecule has 0 aliphatic carbocycles. The van der Waals surface area contributed by atoms with Crippen molar-refractivity contribution in [2.45, 2.75) is 32.4 Å². The Bertz CT molecular complexity index is 1360. The molecule has 1 N–H and O–H groups in total. The van der Waals surface area contributed by atoms with Crippen molar-refractivity contribution in [2.75, 3.05) is 18.6 Å². The van der Waals surface area contributed by atoms with Crippen molar-refractivity contribution in [3.8, 4) is 17.0 Å². The van der Waals surface area contributed by atoms with Crippen molar-refractivity contribution in [3.05, 3.63) is 102 Å². The van der Waals surface area contributed by atoms with Gasteiger partial charge in [-0.3, -0.25) is 14.5 Å². The van der Waals surface area contributed by atoms with Crippen LogP contribution >= 0.6 is 0 Å². The highest BCUT2D eigenvalue weighted by molar-refractivity contribution is 5.95. The van der Waals surface area contributed by atoms with E-state index in [-0.39, 0.29) is 11.8 Å². The Morgan fingerprint density at radius 2 is 1.73 bits per heavy atom. The van der Waals surface area contributed by atoms with E-state index in [0.717, 1.165) is 41.2 Å². The van der Waals surface area contributed by atoms with E-state index in [9.17, 15) is 9.59 Å². The number of nitrogens with one attached hydrogen (secondary N) is 1. The third-order valence-corrected chi connectivity index (χ3v) is 6.59. The Morgan fingerprint density at radius 3 is 2.46 bits per heavy atom. The summed E-state index contributed by atoms with van der Waals surface area (Å²) < 4.78 is 7.13. The standard InChI is InChI=1S/C30H30N4O3/c1-37-26-15-13-24(14-16-26)27-20-28-33(29(35)17-19-34(28)32-27)21-23-9-11-25(12-10-23)30(36)31-18-5-8-22-6-3-2-4-7-22/h2-4,6-7,9-16,20H,5,8,17-19,21H2,1H3,(H,31,36). The fraction of sp³-hybridized carbons (Fsp3) is 0.233. The van der Waals surface area contributed by atoms with Gasteiger partial charge in [0, 0.05) is 30.2 Å². The predicted octanol–water partition coefficient (Wildman–Crippen LogP) is 4.86. The van der Waals surface area contributed by atoms with E-state index in [0.29, 0.717) is 31.6 Å². The average molecular weight is 495 g/mol. The fourth-order valence-electron chi connectivity index (χ4n) is 4.51. The number of anilines is 1. The van der Waals surface area contributed by atoms with Crippen LogP contribution in [-0.4, -0.2) is 35.2 Å². The summed E-state index contributed by atoms with van der Waals surface area (Å²) in [7, 11) is 1.64. The minimum Gasteiger partial charge on any atom is -0.497 e. The molecule has 37 heavy (non-hydrogen) atoms. The summed E-state index contributed by atoms with van der Waals surface area (Å²) in [6.07, 6.45) is 2.22. The first kappa shape index (κ1) is 24.3. The maximum Gasteiger partial charge on any atom is 0.251 e. The highest BCUT2D eigenvalue weighted by atomic mass is 16.5. The van der Waals surface area contributed by atoms with Crippen LogP contribution in [-0.2, 0) is 24.3 Å². The summed E-state index contributed by atoms with van der Waals surface area (Å²) in [4.78, 5) is 27.1. The minimum atomic E-state index is -0.0872. The number of carbonyl (C=O) groups is 2. The first-order valence-corrected chi connectivity index (χ1v) is 12.5. The molecule has 0 atom stereocenters. The highest BCUT2D eigenvalue weighted by Crippen LogP contribution is 2.30. The normalized spacial score (nSPS) is 12.8. The van der Waals surface area contributed by atoms with Crippen molar-refractivity contribution in [1.82, 2.24) is 15.1 Å². The smallest absolute Gasteiger partial charge is 0.251 e. The number of nitrogens with zero attached hydrogens (tertiary/aromatic N) is 3. The summed E-state index contributed by atoms with van der Waals surface area (Å²) >= 11 is 0. The van der Waals surface area contributed by atoms with Gasteiger partial charge in [-0.2, -0.15) is 5.10 Å². The summed E-state index contributed by atoms with van der Waals surface area (Å²) in [5.41, 5.74) is 4.62. The Morgan fingerprint density at radius 1 is 0.973 bits per heavy atom. The van der Waals surface area contributed by atoms with Gasteiger partial charge < -0.3 is 10.1 Å². The Labute approximate surface area is 216 Å². The van der Waals surface area contributed by atoms with Crippen molar-refractivity contribution in [3.63, 3.8) is 0 Å². The van der Waals surface area contributed by atoms with Crippen molar-refractivity contribution in [2.24, 2.45) is 0 Å². The van der Waals surface area contributed by atoms with Gasteiger partial charge in [0.1, 0.15) is 11.6 Å². The number of hydrogen-bond acceptors (Lipinski definition) is 4. The van der Waals surface area contributed by atoms with Gasteiger partial charge >= 0.3 is 0 Å². The summed E-state index contributed by atoms with van der Waals surface area (Å²) in [6.45, 7) is 1.61. The molecule has 0 spiro atoms. The van der Waals surface area contributed by atoms with Crippen LogP contribution in [0.4, 0.5) is 5.82 Å². The monoisotopic (exact) mass is 494 g/mol. The number of aromatic nitrogens is 2. The van der Waals surface area contributed by atoms with E-state index in [1.807, 2.05) is 77.5 Å². The van der Waals surface area contributed by atoms with Crippen LogP contribution in [0.2, 0.25) is 0 Å². The molecule has 0 saturated heterocycles. The van der Waals surface area contributed by atoms with Crippen LogP contribution in [0.25, 0.3) is 11.3 Å². The van der Waals surface area contributed by atoms with E-state index in [2.05, 4.69) is 17.4 Å². The first-order chi connectivity index (χ1) is 18.1. The number of methoxy groups -OCH3 is 1. The molecule has 0 radical (unpaired) electrons. The molecular formula is C30H30N4O3. The third kappa shape index (κ3) is 5.72. The van der Waals surface area contributed by atoms with Crippen LogP contribution in [0, 0.1) is 0 Å². The second kappa shape index (κ2) is 11.1. The number of carbonyl (C=O) groups excluding carboxylic acids is 2. The highest BCUT2D eigenvalue weighted by Gasteiger charge is 2.26. The number of fused-ring (bicyclic) bond motifs is 1. The Hall–Kier alpha value is -4.39. The topological polar surface area (TPSA) is 76.5 Å². The summed E-state index contributed by atoms with van der Waals surface area (Å²) in [5, 5.41) is 7.72. The number of aryl methyl sites for hydroxylation is 2. The first-order valence-electron chi connectivity index (χ1n) is 12.5. The Balaban J connectivity index is 1.21. The number of rotatable bonds is 9. The third-order valence-electron chi connectivity index (χ3n) is 6.59. The van der Waals surface area contributed by atoms with Crippen LogP contribution < -0.4 is 15.0 Å². The SMILES string of the molecule is COc1ccc(-c2cc3n(n2)CCC(=O)N3Cc2ccc(C(=O)NCCCc3ccccc3)cc2)cc1. The van der Waals surface area contributed by atoms with E-state index in [1.165, 1.54) is 5.56 Å². The average Bonchev–Trinajstić information content (AvgIpc) is 3.38. The predicted molar refractivity (Wildman–Crippen MR) is 144 cm³/mol. The fourth-order valence-corrected chi connectivity index (χ4v) is 4.51. The van der Waals surface area contributed by atoms with E-state index in [1.54, 1.807) is 12.0 Å². The van der Waals surface area contributed by atoms with Gasteiger partial charge in [0.05, 0.1) is 25.9 Å². The zero-order valence-corrected chi connectivity index (χ0v) is 20.9. The molecule has 2 amide bonds. The molecule has 0 saturated carbocycles. The lowest BCUT2D eigenvalue weighted by Gasteiger charge is -2.27. The lowest BCUT2D eigenvalue weighted by atomic mass is 10.1. The van der Waals surface area contributed by atoms with E-state index < -0.39 is 0 Å². The van der Waals surface area contributed by atoms with Gasteiger partial charge in [-0.1, -0.05) is 42.5 Å². The van der Waals surface area contributed by atoms with Crippen molar-refractivity contribution in [1.29, 1.82) is 0 Å². The van der Waals surface area contributed by atoms with Gasteiger partial charge in [-0.15, -0.1) is 0 Å². The number of amides is 2.